The van der Waals surface area contributed by atoms with Gasteiger partial charge in [0.15, 0.2) is 0 Å². The summed E-state index contributed by atoms with van der Waals surface area (Å²) in [4.78, 5) is 19.4. The van der Waals surface area contributed by atoms with Crippen LogP contribution in [0.2, 0.25) is 0 Å². The van der Waals surface area contributed by atoms with Crippen LogP contribution in [-0.2, 0) is 17.8 Å². The highest BCUT2D eigenvalue weighted by atomic mass is 16.1. The maximum atomic E-state index is 11.0. The minimum Gasteiger partial charge on any atom is -0.379 e. The number of carbonyl (C=O) groups is 1. The fraction of sp³-hybridized carbons (Fsp3) is 0.214. The molecule has 1 amide bonds. The second kappa shape index (κ2) is 5.95. The summed E-state index contributed by atoms with van der Waals surface area (Å²) in [5.74, 6) is 0.400. The molecule has 2 rings (SSSR count). The highest BCUT2D eigenvalue weighted by molar-refractivity contribution is 5.78. The Morgan fingerprint density at radius 1 is 1.32 bits per heavy atom. The van der Waals surface area contributed by atoms with Gasteiger partial charge in [0.05, 0.1) is 18.7 Å². The molecule has 0 saturated carbocycles. The van der Waals surface area contributed by atoms with Crippen LogP contribution in [-0.4, -0.2) is 15.9 Å². The van der Waals surface area contributed by atoms with Gasteiger partial charge < -0.3 is 11.1 Å². The van der Waals surface area contributed by atoms with Crippen molar-refractivity contribution >= 4 is 11.6 Å². The normalized spacial score (nSPS) is 10.2. The molecule has 0 aliphatic heterocycles. The molecule has 1 aromatic heterocycles. The maximum absolute atomic E-state index is 11.0. The predicted molar refractivity (Wildman–Crippen MR) is 73.4 cm³/mol. The van der Waals surface area contributed by atoms with Crippen molar-refractivity contribution < 1.29 is 4.79 Å². The van der Waals surface area contributed by atoms with Crippen molar-refractivity contribution in [2.24, 2.45) is 5.73 Å². The van der Waals surface area contributed by atoms with Crippen molar-refractivity contribution in [2.45, 2.75) is 19.9 Å². The lowest BCUT2D eigenvalue weighted by molar-refractivity contribution is -0.117. The van der Waals surface area contributed by atoms with Crippen LogP contribution in [0.25, 0.3) is 0 Å². The molecule has 0 aliphatic carbocycles. The quantitative estimate of drug-likeness (QED) is 0.847. The minimum atomic E-state index is -0.341. The third-order valence-electron chi connectivity index (χ3n) is 2.68. The first-order valence-electron chi connectivity index (χ1n) is 6.04. The predicted octanol–water partition coefficient (Wildman–Crippen LogP) is 1.42. The second-order valence-electron chi connectivity index (χ2n) is 4.25. The Balaban J connectivity index is 2.09. The number of nitrogens with one attached hydrogen (secondary N) is 1. The van der Waals surface area contributed by atoms with Gasteiger partial charge >= 0.3 is 0 Å². The second-order valence-corrected chi connectivity index (χ2v) is 4.25. The number of anilines is 1. The summed E-state index contributed by atoms with van der Waals surface area (Å²) >= 11 is 0. The Morgan fingerprint density at radius 3 is 2.84 bits per heavy atom. The number of para-hydroxylation sites is 1. The summed E-state index contributed by atoms with van der Waals surface area (Å²) < 4.78 is 0. The number of benzene rings is 1. The van der Waals surface area contributed by atoms with Gasteiger partial charge in [0.1, 0.15) is 5.82 Å². The van der Waals surface area contributed by atoms with Gasteiger partial charge in [0.2, 0.25) is 5.91 Å². The van der Waals surface area contributed by atoms with E-state index < -0.39 is 0 Å². The van der Waals surface area contributed by atoms with E-state index in [1.165, 1.54) is 0 Å². The average Bonchev–Trinajstić information content (AvgIpc) is 2.37. The van der Waals surface area contributed by atoms with Gasteiger partial charge in [-0.05, 0) is 24.6 Å². The molecule has 3 N–H and O–H groups in total. The van der Waals surface area contributed by atoms with E-state index in [1.54, 1.807) is 6.20 Å². The van der Waals surface area contributed by atoms with Gasteiger partial charge in [-0.1, -0.05) is 18.2 Å². The van der Waals surface area contributed by atoms with Crippen LogP contribution in [0.15, 0.2) is 36.5 Å². The molecule has 0 radical (unpaired) electrons. The molecule has 5 heteroatoms. The van der Waals surface area contributed by atoms with Crippen molar-refractivity contribution in [1.29, 1.82) is 0 Å². The van der Waals surface area contributed by atoms with E-state index in [0.29, 0.717) is 6.54 Å². The summed E-state index contributed by atoms with van der Waals surface area (Å²) in [5, 5.41) is 3.26. The molecule has 0 saturated heterocycles. The van der Waals surface area contributed by atoms with E-state index in [-0.39, 0.29) is 12.3 Å². The highest BCUT2D eigenvalue weighted by Crippen LogP contribution is 2.16. The van der Waals surface area contributed by atoms with Crippen molar-refractivity contribution in [2.75, 3.05) is 5.32 Å². The standard InChI is InChI=1S/C14H16N4O/c1-10-16-7-6-12(18-10)9-17-13-5-3-2-4-11(13)8-14(15)19/h2-7,17H,8-9H2,1H3,(H2,15,19). The minimum absolute atomic E-state index is 0.228. The van der Waals surface area contributed by atoms with Crippen LogP contribution in [0.3, 0.4) is 0 Å². The van der Waals surface area contributed by atoms with Crippen LogP contribution < -0.4 is 11.1 Å². The molecule has 0 atom stereocenters. The van der Waals surface area contributed by atoms with Gasteiger partial charge in [-0.3, -0.25) is 4.79 Å². The number of nitrogens with zero attached hydrogens (tertiary/aromatic N) is 2. The van der Waals surface area contributed by atoms with Crippen LogP contribution in [0.4, 0.5) is 5.69 Å². The fourth-order valence-corrected chi connectivity index (χ4v) is 1.82. The summed E-state index contributed by atoms with van der Waals surface area (Å²) in [6, 6.07) is 9.47. The zero-order valence-corrected chi connectivity index (χ0v) is 10.8. The van der Waals surface area contributed by atoms with Crippen molar-refractivity contribution in [1.82, 2.24) is 9.97 Å². The first kappa shape index (κ1) is 13.0. The molecule has 0 unspecified atom stereocenters. The molecule has 98 valence electrons. The number of rotatable bonds is 5. The van der Waals surface area contributed by atoms with Gasteiger partial charge in [-0.25, -0.2) is 9.97 Å². The van der Waals surface area contributed by atoms with Gasteiger partial charge in [0, 0.05) is 11.9 Å². The first-order valence-corrected chi connectivity index (χ1v) is 6.04. The van der Waals surface area contributed by atoms with Crippen molar-refractivity contribution in [3.05, 3.63) is 53.6 Å². The number of aromatic nitrogens is 2. The number of aryl methyl sites for hydroxylation is 1. The smallest absolute Gasteiger partial charge is 0.221 e. The van der Waals surface area contributed by atoms with Crippen LogP contribution in [0.1, 0.15) is 17.1 Å². The Hall–Kier alpha value is -2.43. The highest BCUT2D eigenvalue weighted by Gasteiger charge is 2.05. The van der Waals surface area contributed by atoms with Crippen LogP contribution in [0.5, 0.6) is 0 Å². The Kier molecular flexibility index (Phi) is 4.07. The van der Waals surface area contributed by atoms with E-state index in [9.17, 15) is 4.79 Å². The molecule has 0 aliphatic rings. The zero-order valence-electron chi connectivity index (χ0n) is 10.8. The Morgan fingerprint density at radius 2 is 2.11 bits per heavy atom. The zero-order chi connectivity index (χ0) is 13.7. The number of primary amides is 1. The molecule has 0 fully saturated rings. The molecular formula is C14H16N4O. The number of amides is 1. The Bertz CT molecular complexity index is 583. The largest absolute Gasteiger partial charge is 0.379 e. The van der Waals surface area contributed by atoms with Crippen molar-refractivity contribution in [3.8, 4) is 0 Å². The number of carbonyl (C=O) groups excluding carboxylic acids is 1. The van der Waals surface area contributed by atoms with E-state index in [0.717, 1.165) is 22.8 Å². The summed E-state index contributed by atoms with van der Waals surface area (Å²) in [5.41, 5.74) is 7.93. The average molecular weight is 256 g/mol. The molecule has 0 bridgehead atoms. The number of hydrogen-bond acceptors (Lipinski definition) is 4. The SMILES string of the molecule is Cc1nccc(CNc2ccccc2CC(N)=O)n1. The van der Waals surface area contributed by atoms with E-state index in [1.807, 2.05) is 37.3 Å². The van der Waals surface area contributed by atoms with Gasteiger partial charge in [0.25, 0.3) is 0 Å². The lowest BCUT2D eigenvalue weighted by Crippen LogP contribution is -2.15. The maximum Gasteiger partial charge on any atom is 0.221 e. The molecule has 2 aromatic rings. The third kappa shape index (κ3) is 3.77. The molecule has 0 spiro atoms. The monoisotopic (exact) mass is 256 g/mol. The van der Waals surface area contributed by atoms with E-state index >= 15 is 0 Å². The summed E-state index contributed by atoms with van der Waals surface area (Å²) in [6.45, 7) is 2.43. The third-order valence-corrected chi connectivity index (χ3v) is 2.68. The lowest BCUT2D eigenvalue weighted by Gasteiger charge is -2.10. The Labute approximate surface area is 111 Å². The first-order chi connectivity index (χ1) is 9.15. The topological polar surface area (TPSA) is 80.9 Å². The lowest BCUT2D eigenvalue weighted by atomic mass is 10.1. The van der Waals surface area contributed by atoms with Crippen LogP contribution in [0, 0.1) is 6.92 Å². The molecule has 1 aromatic carbocycles. The van der Waals surface area contributed by atoms with Crippen molar-refractivity contribution in [3.63, 3.8) is 0 Å². The van der Waals surface area contributed by atoms with Crippen LogP contribution >= 0.6 is 0 Å². The summed E-state index contributed by atoms with van der Waals surface area (Å²) in [6.07, 6.45) is 1.96. The molecule has 1 heterocycles. The summed E-state index contributed by atoms with van der Waals surface area (Å²) in [7, 11) is 0. The van der Waals surface area contributed by atoms with E-state index in [2.05, 4.69) is 15.3 Å². The fourth-order valence-electron chi connectivity index (χ4n) is 1.82. The number of nitrogens with two attached hydrogens (primary N) is 1. The molecule has 19 heavy (non-hydrogen) atoms. The van der Waals surface area contributed by atoms with Gasteiger partial charge in [-0.2, -0.15) is 0 Å². The van der Waals surface area contributed by atoms with E-state index in [4.69, 9.17) is 5.73 Å². The molecular weight excluding hydrogens is 240 g/mol. The number of hydrogen-bond donors (Lipinski definition) is 2. The molecule has 5 nitrogen and oxygen atoms in total. The van der Waals surface area contributed by atoms with Gasteiger partial charge in [-0.15, -0.1) is 0 Å².